The van der Waals surface area contributed by atoms with Crippen molar-refractivity contribution >= 4 is 23.4 Å². The van der Waals surface area contributed by atoms with Crippen LogP contribution in [0, 0.1) is 5.82 Å². The van der Waals surface area contributed by atoms with E-state index in [1.165, 1.54) is 12.1 Å². The van der Waals surface area contributed by atoms with E-state index in [2.05, 4.69) is 5.10 Å². The number of nitrogens with zero attached hydrogens (tertiary/aromatic N) is 3. The quantitative estimate of drug-likeness (QED) is 0.794. The molecule has 2 heterocycles. The lowest BCUT2D eigenvalue weighted by Gasteiger charge is -2.29. The molecule has 1 atom stereocenters. The molecular formula is C18H20FN3OS. The zero-order valence-corrected chi connectivity index (χ0v) is 14.5. The van der Waals surface area contributed by atoms with Gasteiger partial charge in [-0.3, -0.25) is 9.48 Å². The largest absolute Gasteiger partial charge is 0.311 e. The molecular weight excluding hydrogens is 325 g/mol. The first-order valence-corrected chi connectivity index (χ1v) is 9.38. The van der Waals surface area contributed by atoms with Crippen LogP contribution in [0.4, 0.5) is 10.1 Å². The molecule has 0 unspecified atom stereocenters. The highest BCUT2D eigenvalue weighted by Gasteiger charge is 2.33. The highest BCUT2D eigenvalue weighted by molar-refractivity contribution is 7.99. The van der Waals surface area contributed by atoms with Crippen molar-refractivity contribution < 1.29 is 9.18 Å². The Hall–Kier alpha value is -1.82. The fraction of sp³-hybridized carbons (Fsp3) is 0.444. The molecule has 24 heavy (non-hydrogen) atoms. The van der Waals surface area contributed by atoms with Crippen molar-refractivity contribution in [2.24, 2.45) is 7.05 Å². The van der Waals surface area contributed by atoms with Crippen LogP contribution in [0.15, 0.2) is 29.3 Å². The van der Waals surface area contributed by atoms with E-state index in [-0.39, 0.29) is 17.6 Å². The predicted octanol–water partition coefficient (Wildman–Crippen LogP) is 3.51. The third-order valence-electron chi connectivity index (χ3n) is 4.78. The molecule has 0 N–H and O–H groups in total. The summed E-state index contributed by atoms with van der Waals surface area (Å²) in [5.41, 5.74) is 2.80. The second kappa shape index (κ2) is 6.24. The summed E-state index contributed by atoms with van der Waals surface area (Å²) in [5, 5.41) is 4.49. The maximum Gasteiger partial charge on any atom is 0.234 e. The second-order valence-corrected chi connectivity index (χ2v) is 7.59. The van der Waals surface area contributed by atoms with Crippen LogP contribution in [0.2, 0.25) is 0 Å². The van der Waals surface area contributed by atoms with E-state index in [1.807, 2.05) is 13.2 Å². The molecule has 0 radical (unpaired) electrons. The zero-order chi connectivity index (χ0) is 16.7. The molecule has 1 aromatic heterocycles. The lowest BCUT2D eigenvalue weighted by atomic mass is 9.86. The fourth-order valence-corrected chi connectivity index (χ4v) is 4.66. The Balaban J connectivity index is 1.72. The van der Waals surface area contributed by atoms with E-state index in [4.69, 9.17) is 0 Å². The van der Waals surface area contributed by atoms with Crippen molar-refractivity contribution in [1.82, 2.24) is 9.78 Å². The predicted molar refractivity (Wildman–Crippen MR) is 93.0 cm³/mol. The Morgan fingerprint density at radius 2 is 2.25 bits per heavy atom. The molecule has 0 bridgehead atoms. The molecule has 6 heteroatoms. The van der Waals surface area contributed by atoms with Crippen LogP contribution in [-0.4, -0.2) is 28.0 Å². The van der Waals surface area contributed by atoms with Gasteiger partial charge in [0, 0.05) is 30.2 Å². The van der Waals surface area contributed by atoms with Crippen molar-refractivity contribution in [1.29, 1.82) is 0 Å². The number of anilines is 1. The van der Waals surface area contributed by atoms with Gasteiger partial charge in [-0.15, -0.1) is 11.8 Å². The van der Waals surface area contributed by atoms with Crippen LogP contribution < -0.4 is 4.90 Å². The van der Waals surface area contributed by atoms with Crippen molar-refractivity contribution in [3.63, 3.8) is 0 Å². The molecule has 1 aliphatic heterocycles. The minimum Gasteiger partial charge on any atom is -0.311 e. The van der Waals surface area contributed by atoms with Crippen LogP contribution in [0.3, 0.4) is 0 Å². The minimum atomic E-state index is -0.292. The average molecular weight is 345 g/mol. The Morgan fingerprint density at radius 1 is 1.38 bits per heavy atom. The summed E-state index contributed by atoms with van der Waals surface area (Å²) < 4.78 is 15.6. The second-order valence-electron chi connectivity index (χ2n) is 6.45. The molecule has 126 valence electrons. The van der Waals surface area contributed by atoms with Gasteiger partial charge < -0.3 is 4.90 Å². The van der Waals surface area contributed by atoms with Gasteiger partial charge in [0.1, 0.15) is 5.82 Å². The molecule has 0 fully saturated rings. The first-order chi connectivity index (χ1) is 11.6. The first-order valence-electron chi connectivity index (χ1n) is 8.39. The SMILES string of the molecule is Cn1cc2c(n1)CCC[C@@H]2C(=O)N1CCCSc2ccc(F)cc21. The van der Waals surface area contributed by atoms with Gasteiger partial charge in [0.05, 0.1) is 17.3 Å². The smallest absolute Gasteiger partial charge is 0.234 e. The van der Waals surface area contributed by atoms with Gasteiger partial charge in [-0.1, -0.05) is 0 Å². The minimum absolute atomic E-state index is 0.0818. The Kier molecular flexibility index (Phi) is 4.08. The molecule has 2 aromatic rings. The molecule has 0 saturated carbocycles. The zero-order valence-electron chi connectivity index (χ0n) is 13.7. The molecule has 1 aliphatic carbocycles. The van der Waals surface area contributed by atoms with Gasteiger partial charge >= 0.3 is 0 Å². The average Bonchev–Trinajstić information content (AvgIpc) is 2.83. The van der Waals surface area contributed by atoms with Gasteiger partial charge in [-0.25, -0.2) is 4.39 Å². The standard InChI is InChI=1S/C18H20FN3OS/c1-21-11-14-13(4-2-5-15(14)20-21)18(23)22-8-3-9-24-17-7-6-12(19)10-16(17)22/h6-7,10-11,13H,2-5,8-9H2,1H3/t13-/m0/s1. The van der Waals surface area contributed by atoms with Gasteiger partial charge in [0.2, 0.25) is 5.91 Å². The number of halogens is 1. The number of rotatable bonds is 1. The molecule has 1 aromatic carbocycles. The maximum atomic E-state index is 13.8. The summed E-state index contributed by atoms with van der Waals surface area (Å²) in [6, 6.07) is 4.76. The lowest BCUT2D eigenvalue weighted by molar-refractivity contribution is -0.120. The summed E-state index contributed by atoms with van der Waals surface area (Å²) in [6.45, 7) is 0.647. The number of amides is 1. The number of thioether (sulfide) groups is 1. The summed E-state index contributed by atoms with van der Waals surface area (Å²) in [4.78, 5) is 16.1. The normalized spacial score (nSPS) is 20.2. The highest BCUT2D eigenvalue weighted by atomic mass is 32.2. The molecule has 4 rings (SSSR count). The van der Waals surface area contributed by atoms with Crippen molar-refractivity contribution in [2.45, 2.75) is 36.5 Å². The fourth-order valence-electron chi connectivity index (χ4n) is 3.69. The Morgan fingerprint density at radius 3 is 3.12 bits per heavy atom. The number of aryl methyl sites for hydroxylation is 2. The van der Waals surface area contributed by atoms with E-state index in [1.54, 1.807) is 27.4 Å². The van der Waals surface area contributed by atoms with Crippen molar-refractivity contribution in [3.05, 3.63) is 41.5 Å². The van der Waals surface area contributed by atoms with Crippen LogP contribution in [-0.2, 0) is 18.3 Å². The highest BCUT2D eigenvalue weighted by Crippen LogP contribution is 2.38. The summed E-state index contributed by atoms with van der Waals surface area (Å²) >= 11 is 1.70. The van der Waals surface area contributed by atoms with Crippen LogP contribution in [0.5, 0.6) is 0 Å². The third-order valence-corrected chi connectivity index (χ3v) is 5.93. The lowest BCUT2D eigenvalue weighted by Crippen LogP contribution is -2.37. The number of benzene rings is 1. The number of aromatic nitrogens is 2. The van der Waals surface area contributed by atoms with Crippen molar-refractivity contribution in [3.8, 4) is 0 Å². The van der Waals surface area contributed by atoms with Gasteiger partial charge in [-0.05, 0) is 49.6 Å². The molecule has 0 spiro atoms. The molecule has 2 aliphatic rings. The van der Waals surface area contributed by atoms with Crippen LogP contribution in [0.25, 0.3) is 0 Å². The van der Waals surface area contributed by atoms with Gasteiger partial charge in [-0.2, -0.15) is 5.10 Å². The van der Waals surface area contributed by atoms with E-state index >= 15 is 0 Å². The summed E-state index contributed by atoms with van der Waals surface area (Å²) in [6.07, 6.45) is 5.63. The van der Waals surface area contributed by atoms with E-state index < -0.39 is 0 Å². The summed E-state index contributed by atoms with van der Waals surface area (Å²) in [7, 11) is 1.90. The van der Waals surface area contributed by atoms with E-state index in [0.717, 1.165) is 53.3 Å². The molecule has 4 nitrogen and oxygen atoms in total. The summed E-state index contributed by atoms with van der Waals surface area (Å²) in [5.74, 6) is 0.574. The number of hydrogen-bond donors (Lipinski definition) is 0. The molecule has 1 amide bonds. The van der Waals surface area contributed by atoms with Crippen LogP contribution in [0.1, 0.15) is 36.4 Å². The number of fused-ring (bicyclic) bond motifs is 2. The Bertz CT molecular complexity index is 789. The number of carbonyl (C=O) groups is 1. The number of carbonyl (C=O) groups excluding carboxylic acids is 1. The molecule has 0 saturated heterocycles. The third kappa shape index (κ3) is 2.73. The van der Waals surface area contributed by atoms with Crippen molar-refractivity contribution in [2.75, 3.05) is 17.2 Å². The first kappa shape index (κ1) is 15.7. The number of hydrogen-bond acceptors (Lipinski definition) is 3. The van der Waals surface area contributed by atoms with E-state index in [9.17, 15) is 9.18 Å². The van der Waals surface area contributed by atoms with Gasteiger partial charge in [0.25, 0.3) is 0 Å². The topological polar surface area (TPSA) is 38.1 Å². The maximum absolute atomic E-state index is 13.8. The van der Waals surface area contributed by atoms with E-state index in [0.29, 0.717) is 6.54 Å². The van der Waals surface area contributed by atoms with Gasteiger partial charge in [0.15, 0.2) is 0 Å². The Labute approximate surface area is 145 Å². The van der Waals surface area contributed by atoms with Crippen LogP contribution >= 0.6 is 11.8 Å². The monoisotopic (exact) mass is 345 g/mol.